The number of fused-ring (bicyclic) bond motifs is 1. The van der Waals surface area contributed by atoms with E-state index in [-0.39, 0.29) is 11.5 Å². The Morgan fingerprint density at radius 3 is 2.71 bits per heavy atom. The third kappa shape index (κ3) is 4.32. The molecule has 10 heteroatoms. The Kier molecular flexibility index (Phi) is 5.66. The van der Waals surface area contributed by atoms with Crippen LogP contribution < -0.4 is 10.5 Å². The van der Waals surface area contributed by atoms with Crippen molar-refractivity contribution in [1.82, 2.24) is 24.2 Å². The zero-order valence-electron chi connectivity index (χ0n) is 17.1. The van der Waals surface area contributed by atoms with E-state index >= 15 is 0 Å². The summed E-state index contributed by atoms with van der Waals surface area (Å²) in [6.07, 6.45) is 3.45. The van der Waals surface area contributed by atoms with Gasteiger partial charge in [0.2, 0.25) is 0 Å². The number of carbonyl (C=O) groups is 1. The zero-order valence-corrected chi connectivity index (χ0v) is 18.0. The molecule has 0 aromatic carbocycles. The smallest absolute Gasteiger partial charge is 0.272 e. The summed E-state index contributed by atoms with van der Waals surface area (Å²) in [6, 6.07) is 5.42. The lowest BCUT2D eigenvalue weighted by molar-refractivity contribution is 0.0621. The van der Waals surface area contributed by atoms with E-state index in [0.717, 1.165) is 37.6 Å². The molecule has 0 atom stereocenters. The first-order valence-electron chi connectivity index (χ1n) is 10.4. The van der Waals surface area contributed by atoms with Crippen molar-refractivity contribution in [2.45, 2.75) is 6.54 Å². The molecule has 2 fully saturated rings. The molecule has 2 saturated heterocycles. The summed E-state index contributed by atoms with van der Waals surface area (Å²) in [6.45, 7) is 6.39. The summed E-state index contributed by atoms with van der Waals surface area (Å²) in [4.78, 5) is 41.1. The summed E-state index contributed by atoms with van der Waals surface area (Å²) in [5, 5.41) is 1.86. The van der Waals surface area contributed by atoms with Crippen LogP contribution in [0.3, 0.4) is 0 Å². The Morgan fingerprint density at radius 1 is 1.10 bits per heavy atom. The number of carbonyl (C=O) groups excluding carboxylic acids is 1. The number of morpholine rings is 1. The van der Waals surface area contributed by atoms with Crippen LogP contribution in [0.15, 0.2) is 40.8 Å². The van der Waals surface area contributed by atoms with Crippen LogP contribution in [0.25, 0.3) is 4.96 Å². The van der Waals surface area contributed by atoms with Crippen molar-refractivity contribution in [2.24, 2.45) is 0 Å². The topological polar surface area (TPSA) is 83.3 Å². The molecule has 5 rings (SSSR count). The Labute approximate surface area is 183 Å². The Bertz CT molecular complexity index is 1130. The third-order valence-corrected chi connectivity index (χ3v) is 6.50. The Morgan fingerprint density at radius 2 is 1.90 bits per heavy atom. The highest BCUT2D eigenvalue weighted by molar-refractivity contribution is 7.15. The van der Waals surface area contributed by atoms with Crippen LogP contribution in [0.4, 0.5) is 5.69 Å². The molecule has 3 aromatic heterocycles. The van der Waals surface area contributed by atoms with Gasteiger partial charge < -0.3 is 14.5 Å². The van der Waals surface area contributed by atoms with Gasteiger partial charge in [0.05, 0.1) is 18.9 Å². The van der Waals surface area contributed by atoms with Gasteiger partial charge in [-0.1, -0.05) is 0 Å². The fraction of sp³-hybridized carbons (Fsp3) is 0.429. The summed E-state index contributed by atoms with van der Waals surface area (Å²) >= 11 is 1.45. The minimum Gasteiger partial charge on any atom is -0.378 e. The molecular weight excluding hydrogens is 416 g/mol. The molecule has 0 aliphatic carbocycles. The minimum atomic E-state index is -0.0544. The maximum absolute atomic E-state index is 13.0. The van der Waals surface area contributed by atoms with Gasteiger partial charge in [0.25, 0.3) is 11.5 Å². The lowest BCUT2D eigenvalue weighted by Crippen LogP contribution is -2.48. The lowest BCUT2D eigenvalue weighted by Gasteiger charge is -2.34. The summed E-state index contributed by atoms with van der Waals surface area (Å²) < 4.78 is 6.97. The van der Waals surface area contributed by atoms with Crippen LogP contribution in [0, 0.1) is 0 Å². The number of aromatic nitrogens is 3. The van der Waals surface area contributed by atoms with Crippen molar-refractivity contribution in [1.29, 1.82) is 0 Å². The number of thiazole rings is 1. The first-order valence-corrected chi connectivity index (χ1v) is 11.3. The second-order valence-electron chi connectivity index (χ2n) is 7.71. The van der Waals surface area contributed by atoms with Crippen molar-refractivity contribution < 1.29 is 9.53 Å². The number of piperazine rings is 1. The van der Waals surface area contributed by atoms with Gasteiger partial charge in [0.1, 0.15) is 5.69 Å². The SMILES string of the molecule is O=C(c1cc(N2CCOCC2)ccn1)N1CCN(Cc2cc(=O)n3ccsc3n2)CC1. The average Bonchev–Trinajstić information content (AvgIpc) is 3.29. The number of hydrogen-bond donors (Lipinski definition) is 0. The van der Waals surface area contributed by atoms with E-state index in [2.05, 4.69) is 19.8 Å². The summed E-state index contributed by atoms with van der Waals surface area (Å²) in [5.74, 6) is -0.0360. The maximum atomic E-state index is 13.0. The van der Waals surface area contributed by atoms with Gasteiger partial charge >= 0.3 is 0 Å². The highest BCUT2D eigenvalue weighted by atomic mass is 32.1. The van der Waals surface area contributed by atoms with Gasteiger partial charge in [0.15, 0.2) is 4.96 Å². The van der Waals surface area contributed by atoms with Crippen molar-refractivity contribution in [3.63, 3.8) is 0 Å². The predicted molar refractivity (Wildman–Crippen MR) is 118 cm³/mol. The maximum Gasteiger partial charge on any atom is 0.272 e. The van der Waals surface area contributed by atoms with Crippen LogP contribution in [0.5, 0.6) is 0 Å². The van der Waals surface area contributed by atoms with Gasteiger partial charge in [-0.05, 0) is 12.1 Å². The normalized spacial score (nSPS) is 17.9. The molecule has 2 aliphatic rings. The van der Waals surface area contributed by atoms with Gasteiger partial charge in [-0.2, -0.15) is 0 Å². The van der Waals surface area contributed by atoms with E-state index in [4.69, 9.17) is 4.74 Å². The zero-order chi connectivity index (χ0) is 21.2. The second kappa shape index (κ2) is 8.74. The number of amides is 1. The quantitative estimate of drug-likeness (QED) is 0.597. The first-order chi connectivity index (χ1) is 15.2. The van der Waals surface area contributed by atoms with Crippen molar-refractivity contribution >= 4 is 27.9 Å². The molecule has 5 heterocycles. The molecule has 0 bridgehead atoms. The van der Waals surface area contributed by atoms with Gasteiger partial charge in [-0.15, -0.1) is 11.3 Å². The Hall–Kier alpha value is -2.82. The number of hydrogen-bond acceptors (Lipinski definition) is 8. The highest BCUT2D eigenvalue weighted by Gasteiger charge is 2.24. The molecular formula is C21H24N6O3S. The molecule has 0 saturated carbocycles. The molecule has 0 radical (unpaired) electrons. The van der Waals surface area contributed by atoms with Crippen molar-refractivity contribution in [3.05, 3.63) is 57.7 Å². The summed E-state index contributed by atoms with van der Waals surface area (Å²) in [5.41, 5.74) is 2.21. The molecule has 9 nitrogen and oxygen atoms in total. The van der Waals surface area contributed by atoms with E-state index in [1.807, 2.05) is 22.4 Å². The van der Waals surface area contributed by atoms with E-state index < -0.39 is 0 Å². The van der Waals surface area contributed by atoms with Crippen LogP contribution in [0.2, 0.25) is 0 Å². The molecule has 0 N–H and O–H groups in total. The fourth-order valence-electron chi connectivity index (χ4n) is 4.02. The van der Waals surface area contributed by atoms with E-state index in [0.29, 0.717) is 43.5 Å². The van der Waals surface area contributed by atoms with Crippen molar-refractivity contribution in [2.75, 3.05) is 57.4 Å². The number of nitrogens with zero attached hydrogens (tertiary/aromatic N) is 6. The molecule has 3 aromatic rings. The summed E-state index contributed by atoms with van der Waals surface area (Å²) in [7, 11) is 0. The third-order valence-electron chi connectivity index (χ3n) is 5.74. The minimum absolute atomic E-state index is 0.0360. The first kappa shape index (κ1) is 20.1. The van der Waals surface area contributed by atoms with E-state index in [1.54, 1.807) is 22.9 Å². The van der Waals surface area contributed by atoms with Crippen LogP contribution >= 0.6 is 11.3 Å². The highest BCUT2D eigenvalue weighted by Crippen LogP contribution is 2.18. The van der Waals surface area contributed by atoms with E-state index in [1.165, 1.54) is 11.3 Å². The number of rotatable bonds is 4. The monoisotopic (exact) mass is 440 g/mol. The van der Waals surface area contributed by atoms with E-state index in [9.17, 15) is 9.59 Å². The predicted octanol–water partition coefficient (Wildman–Crippen LogP) is 0.946. The average molecular weight is 441 g/mol. The van der Waals surface area contributed by atoms with Crippen LogP contribution in [-0.2, 0) is 11.3 Å². The number of ether oxygens (including phenoxy) is 1. The molecule has 2 aliphatic heterocycles. The lowest BCUT2D eigenvalue weighted by atomic mass is 10.2. The molecule has 162 valence electrons. The van der Waals surface area contributed by atoms with Gasteiger partial charge in [-0.3, -0.25) is 23.9 Å². The Balaban J connectivity index is 1.21. The molecule has 31 heavy (non-hydrogen) atoms. The standard InChI is InChI=1S/C21H24N6O3S/c28-19-13-16(23-21-27(19)9-12-31-21)15-24-3-5-26(6-4-24)20(29)18-14-17(1-2-22-18)25-7-10-30-11-8-25/h1-2,9,12-14H,3-8,10-11,15H2. The number of anilines is 1. The molecule has 1 amide bonds. The van der Waals surface area contributed by atoms with Gasteiger partial charge in [-0.25, -0.2) is 4.98 Å². The molecule has 0 spiro atoms. The molecule has 0 unspecified atom stereocenters. The van der Waals surface area contributed by atoms with Crippen LogP contribution in [-0.4, -0.2) is 82.6 Å². The van der Waals surface area contributed by atoms with Crippen molar-refractivity contribution in [3.8, 4) is 0 Å². The number of pyridine rings is 1. The van der Waals surface area contributed by atoms with Crippen LogP contribution in [0.1, 0.15) is 16.2 Å². The largest absolute Gasteiger partial charge is 0.378 e. The fourth-order valence-corrected chi connectivity index (χ4v) is 4.76. The second-order valence-corrected chi connectivity index (χ2v) is 8.58. The van der Waals surface area contributed by atoms with Gasteiger partial charge in [0, 0.05) is 75.3 Å².